The van der Waals surface area contributed by atoms with Gasteiger partial charge >= 0.3 is 5.69 Å². The van der Waals surface area contributed by atoms with Crippen LogP contribution in [0.1, 0.15) is 44.2 Å². The number of halogens is 1. The summed E-state index contributed by atoms with van der Waals surface area (Å²) in [6.07, 6.45) is 3.15. The lowest BCUT2D eigenvalue weighted by molar-refractivity contribution is -0.123. The Bertz CT molecular complexity index is 1660. The fraction of sp³-hybridized carbons (Fsp3) is 0.419. The molecule has 5 rings (SSSR count). The van der Waals surface area contributed by atoms with Crippen molar-refractivity contribution in [3.63, 3.8) is 0 Å². The quantitative estimate of drug-likeness (QED) is 0.267. The Morgan fingerprint density at radius 2 is 1.62 bits per heavy atom. The molecule has 0 bridgehead atoms. The van der Waals surface area contributed by atoms with Crippen LogP contribution in [0.3, 0.4) is 0 Å². The summed E-state index contributed by atoms with van der Waals surface area (Å²) >= 11 is 5.90. The third-order valence-corrected chi connectivity index (χ3v) is 7.70. The largest absolute Gasteiger partial charge is 0.484 e. The first-order valence-electron chi connectivity index (χ1n) is 14.6. The third kappa shape index (κ3) is 6.38. The average molecular weight is 593 g/mol. The van der Waals surface area contributed by atoms with E-state index in [-0.39, 0.29) is 23.8 Å². The van der Waals surface area contributed by atoms with Crippen molar-refractivity contribution in [3.8, 4) is 5.75 Å². The molecule has 4 aromatic rings. The molecule has 3 heterocycles. The van der Waals surface area contributed by atoms with Crippen LogP contribution in [-0.4, -0.2) is 44.3 Å². The van der Waals surface area contributed by atoms with Crippen LogP contribution in [0.15, 0.2) is 58.1 Å². The Balaban J connectivity index is 1.22. The standard InChI is InChI=1S/C31H37ClN6O4/c1-3-15-37-28-27(29(40)38(16-4-2)31(37)41)36-18-5-17-35(30(36)34-28)19-14-22-8-12-25(13-9-22)42-21-26(39)33-20-23-6-10-24(32)11-7-23/h6-13H,3-5,14-21H2,1-2H3,(H,33,39). The molecule has 0 saturated carbocycles. The van der Waals surface area contributed by atoms with Gasteiger partial charge in [0.15, 0.2) is 17.8 Å². The van der Waals surface area contributed by atoms with Gasteiger partial charge in [-0.15, -0.1) is 0 Å². The Labute approximate surface area is 249 Å². The highest BCUT2D eigenvalue weighted by Crippen LogP contribution is 2.25. The summed E-state index contributed by atoms with van der Waals surface area (Å²) < 4.78 is 10.7. The highest BCUT2D eigenvalue weighted by molar-refractivity contribution is 6.30. The zero-order valence-corrected chi connectivity index (χ0v) is 24.9. The summed E-state index contributed by atoms with van der Waals surface area (Å²) in [4.78, 5) is 45.8. The number of carbonyl (C=O) groups is 1. The Kier molecular flexibility index (Phi) is 9.31. The van der Waals surface area contributed by atoms with Crippen LogP contribution < -0.4 is 26.2 Å². The molecule has 1 N–H and O–H groups in total. The maximum Gasteiger partial charge on any atom is 0.332 e. The SMILES string of the molecule is CCCn1c(=O)c2c(nc3n2CCCN3CCc2ccc(OCC(=O)NCc3ccc(Cl)cc3)cc2)n(CCC)c1=O. The molecule has 222 valence electrons. The van der Waals surface area contributed by atoms with Crippen molar-refractivity contribution >= 4 is 34.6 Å². The van der Waals surface area contributed by atoms with Crippen LogP contribution in [0, 0.1) is 0 Å². The summed E-state index contributed by atoms with van der Waals surface area (Å²) in [5, 5.41) is 3.50. The molecule has 1 aliphatic rings. The van der Waals surface area contributed by atoms with Crippen LogP contribution in [0.2, 0.25) is 5.02 Å². The average Bonchev–Trinajstić information content (AvgIpc) is 3.40. The summed E-state index contributed by atoms with van der Waals surface area (Å²) in [5.74, 6) is 1.17. The number of anilines is 1. The predicted octanol–water partition coefficient (Wildman–Crippen LogP) is 3.98. The number of hydrogen-bond donors (Lipinski definition) is 1. The summed E-state index contributed by atoms with van der Waals surface area (Å²) in [6.45, 7) is 7.50. The molecular weight excluding hydrogens is 556 g/mol. The van der Waals surface area contributed by atoms with Crippen LogP contribution in [0.5, 0.6) is 5.75 Å². The number of rotatable bonds is 12. The van der Waals surface area contributed by atoms with Crippen molar-refractivity contribution in [2.24, 2.45) is 0 Å². The van der Waals surface area contributed by atoms with Gasteiger partial charge in [-0.05, 0) is 61.1 Å². The smallest absolute Gasteiger partial charge is 0.332 e. The van der Waals surface area contributed by atoms with E-state index in [2.05, 4.69) is 10.2 Å². The number of nitrogens with zero attached hydrogens (tertiary/aromatic N) is 5. The Morgan fingerprint density at radius 1 is 0.929 bits per heavy atom. The number of fused-ring (bicyclic) bond motifs is 3. The molecule has 1 amide bonds. The number of aromatic nitrogens is 4. The number of imidazole rings is 1. The molecule has 11 heteroatoms. The number of aryl methyl sites for hydroxylation is 2. The molecule has 10 nitrogen and oxygen atoms in total. The van der Waals surface area contributed by atoms with Crippen LogP contribution in [0.4, 0.5) is 5.95 Å². The van der Waals surface area contributed by atoms with Gasteiger partial charge in [-0.25, -0.2) is 4.79 Å². The van der Waals surface area contributed by atoms with E-state index in [4.69, 9.17) is 21.3 Å². The van der Waals surface area contributed by atoms with Gasteiger partial charge < -0.3 is 19.5 Å². The van der Waals surface area contributed by atoms with E-state index in [1.54, 1.807) is 16.7 Å². The molecule has 0 atom stereocenters. The molecule has 2 aromatic carbocycles. The van der Waals surface area contributed by atoms with Gasteiger partial charge in [0.05, 0.1) is 0 Å². The zero-order valence-electron chi connectivity index (χ0n) is 24.1. The lowest BCUT2D eigenvalue weighted by atomic mass is 10.1. The first kappa shape index (κ1) is 29.4. The first-order chi connectivity index (χ1) is 20.4. The third-order valence-electron chi connectivity index (χ3n) is 7.45. The van der Waals surface area contributed by atoms with Crippen molar-refractivity contribution in [2.75, 3.05) is 24.6 Å². The van der Waals surface area contributed by atoms with Crippen molar-refractivity contribution in [1.29, 1.82) is 0 Å². The van der Waals surface area contributed by atoms with Crippen molar-refractivity contribution in [1.82, 2.24) is 24.0 Å². The van der Waals surface area contributed by atoms with E-state index < -0.39 is 0 Å². The van der Waals surface area contributed by atoms with Crippen LogP contribution in [-0.2, 0) is 37.4 Å². The topological polar surface area (TPSA) is 103 Å². The van der Waals surface area contributed by atoms with E-state index in [0.29, 0.717) is 54.5 Å². The van der Waals surface area contributed by atoms with Gasteiger partial charge in [-0.2, -0.15) is 4.98 Å². The maximum absolute atomic E-state index is 13.4. The number of hydrogen-bond acceptors (Lipinski definition) is 6. The van der Waals surface area contributed by atoms with E-state index in [1.165, 1.54) is 4.57 Å². The van der Waals surface area contributed by atoms with Crippen LogP contribution >= 0.6 is 11.6 Å². The van der Waals surface area contributed by atoms with Crippen molar-refractivity contribution in [3.05, 3.63) is 85.5 Å². The predicted molar refractivity (Wildman–Crippen MR) is 165 cm³/mol. The monoisotopic (exact) mass is 592 g/mol. The maximum atomic E-state index is 13.4. The van der Waals surface area contributed by atoms with Crippen molar-refractivity contribution < 1.29 is 9.53 Å². The summed E-state index contributed by atoms with van der Waals surface area (Å²) in [6, 6.07) is 15.1. The number of amides is 1. The van der Waals surface area contributed by atoms with Gasteiger partial charge in [0, 0.05) is 44.3 Å². The number of carbonyl (C=O) groups excluding carboxylic acids is 1. The van der Waals surface area contributed by atoms with Gasteiger partial charge in [-0.3, -0.25) is 18.7 Å². The lowest BCUT2D eigenvalue weighted by Gasteiger charge is -2.29. The minimum absolute atomic E-state index is 0.0694. The number of nitrogens with one attached hydrogen (secondary N) is 1. The highest BCUT2D eigenvalue weighted by Gasteiger charge is 2.26. The fourth-order valence-electron chi connectivity index (χ4n) is 5.33. The Hall–Kier alpha value is -4.05. The molecule has 0 spiro atoms. The van der Waals surface area contributed by atoms with E-state index in [1.807, 2.05) is 54.8 Å². The van der Waals surface area contributed by atoms with Crippen molar-refractivity contribution in [2.45, 2.75) is 65.7 Å². The van der Waals surface area contributed by atoms with Gasteiger partial charge in [-0.1, -0.05) is 49.7 Å². The van der Waals surface area contributed by atoms with Crippen LogP contribution in [0.25, 0.3) is 11.2 Å². The lowest BCUT2D eigenvalue weighted by Crippen LogP contribution is -2.41. The Morgan fingerprint density at radius 3 is 2.33 bits per heavy atom. The summed E-state index contributed by atoms with van der Waals surface area (Å²) in [7, 11) is 0. The molecule has 0 fully saturated rings. The van der Waals surface area contributed by atoms with E-state index >= 15 is 0 Å². The second kappa shape index (κ2) is 13.3. The van der Waals surface area contributed by atoms with E-state index in [9.17, 15) is 14.4 Å². The first-order valence-corrected chi connectivity index (χ1v) is 15.0. The molecule has 0 radical (unpaired) electrons. The molecule has 0 aliphatic carbocycles. The summed E-state index contributed by atoms with van der Waals surface area (Å²) in [5.41, 5.74) is 2.56. The zero-order chi connectivity index (χ0) is 29.6. The number of benzene rings is 2. The molecular formula is C31H37ClN6O4. The highest BCUT2D eigenvalue weighted by atomic mass is 35.5. The van der Waals surface area contributed by atoms with Gasteiger partial charge in [0.1, 0.15) is 5.75 Å². The minimum Gasteiger partial charge on any atom is -0.484 e. The molecule has 0 unspecified atom stereocenters. The molecule has 0 saturated heterocycles. The second-order valence-electron chi connectivity index (χ2n) is 10.6. The molecule has 42 heavy (non-hydrogen) atoms. The fourth-order valence-corrected chi connectivity index (χ4v) is 5.45. The molecule has 2 aromatic heterocycles. The van der Waals surface area contributed by atoms with Gasteiger partial charge in [0.25, 0.3) is 11.5 Å². The second-order valence-corrected chi connectivity index (χ2v) is 11.0. The van der Waals surface area contributed by atoms with Gasteiger partial charge in [0.2, 0.25) is 5.95 Å². The minimum atomic E-state index is -0.278. The normalized spacial score (nSPS) is 12.9. The molecule has 1 aliphatic heterocycles. The van der Waals surface area contributed by atoms with E-state index in [0.717, 1.165) is 49.4 Å². The number of ether oxygens (including phenoxy) is 1.